The Morgan fingerprint density at radius 2 is 1.96 bits per heavy atom. The molecule has 1 N–H and O–H groups in total. The van der Waals surface area contributed by atoms with Gasteiger partial charge in [0, 0.05) is 6.42 Å². The molecule has 0 saturated heterocycles. The molecule has 0 heterocycles. The summed E-state index contributed by atoms with van der Waals surface area (Å²) >= 11 is 0. The zero-order valence-electron chi connectivity index (χ0n) is 16.2. The third kappa shape index (κ3) is 2.59. The highest BCUT2D eigenvalue weighted by Crippen LogP contribution is 2.63. The molecule has 140 valence electrons. The van der Waals surface area contributed by atoms with E-state index in [9.17, 15) is 14.7 Å². The number of allylic oxidation sites excluding steroid dienone is 1. The third-order valence-corrected chi connectivity index (χ3v) is 7.75. The van der Waals surface area contributed by atoms with E-state index in [-0.39, 0.29) is 34.9 Å². The van der Waals surface area contributed by atoms with E-state index in [4.69, 9.17) is 4.74 Å². The molecule has 3 rings (SSSR count). The SMILES string of the molecule is COC(=O)[C@]1(C)CCC[C@@]2(C)[C@H]1CC(=O)C1=C[C@](O)(C(C)C)CC[C@@H]12. The summed E-state index contributed by atoms with van der Waals surface area (Å²) in [6.45, 7) is 8.24. The Balaban J connectivity index is 2.04. The number of Topliss-reactive ketones (excluding diaryl/α,β-unsaturated/α-hetero) is 1. The lowest BCUT2D eigenvalue weighted by atomic mass is 9.45. The summed E-state index contributed by atoms with van der Waals surface area (Å²) in [7, 11) is 1.44. The lowest BCUT2D eigenvalue weighted by Crippen LogP contribution is -2.57. The summed E-state index contributed by atoms with van der Waals surface area (Å²) in [6.07, 6.45) is 6.54. The minimum absolute atomic E-state index is 0.0149. The molecule has 5 atom stereocenters. The van der Waals surface area contributed by atoms with Crippen LogP contribution in [0.4, 0.5) is 0 Å². The number of esters is 1. The molecule has 4 heteroatoms. The summed E-state index contributed by atoms with van der Waals surface area (Å²) in [4.78, 5) is 25.6. The van der Waals surface area contributed by atoms with Crippen molar-refractivity contribution in [3.63, 3.8) is 0 Å². The van der Waals surface area contributed by atoms with Crippen molar-refractivity contribution in [2.24, 2.45) is 28.6 Å². The van der Waals surface area contributed by atoms with Gasteiger partial charge in [0.1, 0.15) is 0 Å². The van der Waals surface area contributed by atoms with Gasteiger partial charge in [0.05, 0.1) is 18.1 Å². The number of carbonyl (C=O) groups excluding carboxylic acids is 2. The average molecular weight is 348 g/mol. The zero-order valence-corrected chi connectivity index (χ0v) is 16.2. The van der Waals surface area contributed by atoms with Crippen molar-refractivity contribution in [1.29, 1.82) is 0 Å². The molecule has 3 aliphatic carbocycles. The van der Waals surface area contributed by atoms with E-state index in [2.05, 4.69) is 6.92 Å². The van der Waals surface area contributed by atoms with Crippen molar-refractivity contribution < 1.29 is 19.4 Å². The van der Waals surface area contributed by atoms with Crippen LogP contribution in [0.2, 0.25) is 0 Å². The molecule has 0 spiro atoms. The fraction of sp³-hybridized carbons (Fsp3) is 0.810. The van der Waals surface area contributed by atoms with Gasteiger partial charge in [-0.15, -0.1) is 0 Å². The van der Waals surface area contributed by atoms with Crippen molar-refractivity contribution in [1.82, 2.24) is 0 Å². The molecule has 25 heavy (non-hydrogen) atoms. The first-order valence-electron chi connectivity index (χ1n) is 9.65. The summed E-state index contributed by atoms with van der Waals surface area (Å²) in [5.74, 6) is 0.176. The number of ketones is 1. The third-order valence-electron chi connectivity index (χ3n) is 7.75. The van der Waals surface area contributed by atoms with Crippen LogP contribution in [0.3, 0.4) is 0 Å². The van der Waals surface area contributed by atoms with Crippen LogP contribution in [0, 0.1) is 28.6 Å². The first-order chi connectivity index (χ1) is 11.6. The molecule has 2 saturated carbocycles. The Bertz CT molecular complexity index is 621. The van der Waals surface area contributed by atoms with Crippen molar-refractivity contribution in [2.45, 2.75) is 71.8 Å². The number of carbonyl (C=O) groups is 2. The predicted octanol–water partition coefficient (Wildman–Crippen LogP) is 3.67. The van der Waals surface area contributed by atoms with Gasteiger partial charge in [-0.05, 0) is 67.4 Å². The quantitative estimate of drug-likeness (QED) is 0.774. The normalized spacial score (nSPS) is 44.0. The summed E-state index contributed by atoms with van der Waals surface area (Å²) < 4.78 is 5.12. The minimum Gasteiger partial charge on any atom is -0.469 e. The van der Waals surface area contributed by atoms with Gasteiger partial charge >= 0.3 is 5.97 Å². The van der Waals surface area contributed by atoms with Crippen LogP contribution in [-0.2, 0) is 14.3 Å². The number of fused-ring (bicyclic) bond motifs is 3. The smallest absolute Gasteiger partial charge is 0.311 e. The van der Waals surface area contributed by atoms with Crippen molar-refractivity contribution >= 4 is 11.8 Å². The van der Waals surface area contributed by atoms with Gasteiger partial charge in [-0.3, -0.25) is 9.59 Å². The molecule has 2 fully saturated rings. The van der Waals surface area contributed by atoms with Gasteiger partial charge in [-0.25, -0.2) is 0 Å². The first-order valence-corrected chi connectivity index (χ1v) is 9.65. The van der Waals surface area contributed by atoms with Gasteiger partial charge in [-0.2, -0.15) is 0 Å². The molecule has 0 amide bonds. The molecule has 0 radical (unpaired) electrons. The number of hydrogen-bond donors (Lipinski definition) is 1. The Labute approximate surface area is 151 Å². The topological polar surface area (TPSA) is 63.6 Å². The predicted molar refractivity (Wildman–Crippen MR) is 95.8 cm³/mol. The second-order valence-corrected chi connectivity index (χ2v) is 9.29. The van der Waals surface area contributed by atoms with Crippen LogP contribution in [0.5, 0.6) is 0 Å². The lowest BCUT2D eigenvalue weighted by Gasteiger charge is -2.58. The Morgan fingerprint density at radius 3 is 2.56 bits per heavy atom. The van der Waals surface area contributed by atoms with Crippen LogP contribution in [0.15, 0.2) is 11.6 Å². The molecular formula is C21H32O4. The summed E-state index contributed by atoms with van der Waals surface area (Å²) in [5, 5.41) is 10.9. The Hall–Kier alpha value is -1.16. The maximum absolute atomic E-state index is 13.0. The van der Waals surface area contributed by atoms with Crippen molar-refractivity contribution in [2.75, 3.05) is 7.11 Å². The van der Waals surface area contributed by atoms with Crippen LogP contribution in [0.25, 0.3) is 0 Å². The van der Waals surface area contributed by atoms with E-state index in [1.165, 1.54) is 7.11 Å². The van der Waals surface area contributed by atoms with Crippen LogP contribution < -0.4 is 0 Å². The van der Waals surface area contributed by atoms with Gasteiger partial charge in [0.15, 0.2) is 5.78 Å². The Kier molecular flexibility index (Phi) is 4.42. The number of ether oxygens (including phenoxy) is 1. The van der Waals surface area contributed by atoms with E-state index in [0.717, 1.165) is 31.3 Å². The fourth-order valence-corrected chi connectivity index (χ4v) is 5.96. The van der Waals surface area contributed by atoms with Crippen molar-refractivity contribution in [3.8, 4) is 0 Å². The second kappa shape index (κ2) is 5.94. The van der Waals surface area contributed by atoms with Crippen LogP contribution in [0.1, 0.15) is 66.2 Å². The summed E-state index contributed by atoms with van der Waals surface area (Å²) in [5.41, 5.74) is -0.741. The number of rotatable bonds is 2. The molecule has 0 bridgehead atoms. The zero-order chi connectivity index (χ0) is 18.6. The first kappa shape index (κ1) is 18.6. The standard InChI is InChI=1S/C21H32O4/c1-13(2)21(24)10-7-15-14(12-21)16(22)11-17-19(15,3)8-6-9-20(17,4)18(23)25-5/h12-13,15,17,24H,6-11H2,1-5H3/t15-,17+,19+,20+,21-/m0/s1. The number of hydrogen-bond acceptors (Lipinski definition) is 4. The molecule has 0 unspecified atom stereocenters. The van der Waals surface area contributed by atoms with Gasteiger partial charge in [0.25, 0.3) is 0 Å². The highest BCUT2D eigenvalue weighted by atomic mass is 16.5. The minimum atomic E-state index is -0.884. The van der Waals surface area contributed by atoms with E-state index in [1.807, 2.05) is 26.8 Å². The van der Waals surface area contributed by atoms with E-state index in [0.29, 0.717) is 12.8 Å². The number of aliphatic hydroxyl groups is 1. The molecule has 0 aromatic rings. The lowest BCUT2D eigenvalue weighted by molar-refractivity contribution is -0.169. The van der Waals surface area contributed by atoms with Crippen molar-refractivity contribution in [3.05, 3.63) is 11.6 Å². The highest BCUT2D eigenvalue weighted by Gasteiger charge is 2.61. The molecular weight excluding hydrogens is 316 g/mol. The molecule has 0 aromatic heterocycles. The summed E-state index contributed by atoms with van der Waals surface area (Å²) in [6, 6.07) is 0. The van der Waals surface area contributed by atoms with Crippen LogP contribution in [-0.4, -0.2) is 29.6 Å². The maximum atomic E-state index is 13.0. The highest BCUT2D eigenvalue weighted by molar-refractivity contribution is 5.98. The van der Waals surface area contributed by atoms with E-state index >= 15 is 0 Å². The largest absolute Gasteiger partial charge is 0.469 e. The molecule has 0 aliphatic heterocycles. The van der Waals surface area contributed by atoms with Crippen LogP contribution >= 0.6 is 0 Å². The molecule has 4 nitrogen and oxygen atoms in total. The van der Waals surface area contributed by atoms with E-state index < -0.39 is 11.0 Å². The fourth-order valence-electron chi connectivity index (χ4n) is 5.96. The monoisotopic (exact) mass is 348 g/mol. The van der Waals surface area contributed by atoms with Gasteiger partial charge in [0.2, 0.25) is 0 Å². The number of methoxy groups -OCH3 is 1. The van der Waals surface area contributed by atoms with E-state index in [1.54, 1.807) is 0 Å². The average Bonchev–Trinajstić information content (AvgIpc) is 2.56. The maximum Gasteiger partial charge on any atom is 0.311 e. The van der Waals surface area contributed by atoms with Gasteiger partial charge < -0.3 is 9.84 Å². The molecule has 0 aromatic carbocycles. The molecule has 3 aliphatic rings. The second-order valence-electron chi connectivity index (χ2n) is 9.29. The Morgan fingerprint density at radius 1 is 1.28 bits per heavy atom. The van der Waals surface area contributed by atoms with Gasteiger partial charge in [-0.1, -0.05) is 27.2 Å².